The molecule has 0 amide bonds. The summed E-state index contributed by atoms with van der Waals surface area (Å²) in [5.74, 6) is 0. The number of hydrogen-bond donors (Lipinski definition) is 1. The maximum Gasteiger partial charge on any atom is 0.0426 e. The summed E-state index contributed by atoms with van der Waals surface area (Å²) in [6.45, 7) is 3.68. The molecular formula is C7H7ClN. The van der Waals surface area contributed by atoms with Crippen molar-refractivity contribution in [3.63, 3.8) is 0 Å². The number of hydrogen-bond acceptors (Lipinski definition) is 1. The SMILES string of the molecule is [CH2]c1ccc(Cl)cc1N. The van der Waals surface area contributed by atoms with Crippen molar-refractivity contribution in [3.05, 3.63) is 35.7 Å². The van der Waals surface area contributed by atoms with Gasteiger partial charge in [-0.15, -0.1) is 0 Å². The van der Waals surface area contributed by atoms with Crippen LogP contribution in [0.3, 0.4) is 0 Å². The quantitative estimate of drug-likeness (QED) is 0.549. The topological polar surface area (TPSA) is 26.0 Å². The zero-order valence-electron chi connectivity index (χ0n) is 4.89. The van der Waals surface area contributed by atoms with Crippen LogP contribution in [0.25, 0.3) is 0 Å². The van der Waals surface area contributed by atoms with Gasteiger partial charge in [-0.2, -0.15) is 0 Å². The van der Waals surface area contributed by atoms with Gasteiger partial charge in [-0.05, 0) is 24.6 Å². The summed E-state index contributed by atoms with van der Waals surface area (Å²) in [6.07, 6.45) is 0. The van der Waals surface area contributed by atoms with Crippen LogP contribution in [0.4, 0.5) is 5.69 Å². The number of nitrogen functional groups attached to an aromatic ring is 1. The van der Waals surface area contributed by atoms with Crippen LogP contribution in [0.15, 0.2) is 18.2 Å². The molecule has 0 spiro atoms. The normalized spacial score (nSPS) is 9.56. The molecule has 2 heteroatoms. The third-order valence-electron chi connectivity index (χ3n) is 1.11. The van der Waals surface area contributed by atoms with Gasteiger partial charge in [-0.1, -0.05) is 17.7 Å². The van der Waals surface area contributed by atoms with E-state index in [9.17, 15) is 0 Å². The Hall–Kier alpha value is -0.690. The van der Waals surface area contributed by atoms with E-state index in [4.69, 9.17) is 17.3 Å². The average Bonchev–Trinajstić information content (AvgIpc) is 1.80. The lowest BCUT2D eigenvalue weighted by Crippen LogP contribution is -1.87. The minimum Gasteiger partial charge on any atom is -0.398 e. The molecule has 0 bridgehead atoms. The van der Waals surface area contributed by atoms with Crippen molar-refractivity contribution in [2.45, 2.75) is 0 Å². The van der Waals surface area contributed by atoms with Gasteiger partial charge in [0.25, 0.3) is 0 Å². The van der Waals surface area contributed by atoms with Crippen molar-refractivity contribution in [1.82, 2.24) is 0 Å². The molecule has 1 aromatic carbocycles. The second kappa shape index (κ2) is 2.28. The van der Waals surface area contributed by atoms with E-state index in [0.717, 1.165) is 5.56 Å². The summed E-state index contributed by atoms with van der Waals surface area (Å²) in [4.78, 5) is 0. The second-order valence-electron chi connectivity index (χ2n) is 1.84. The van der Waals surface area contributed by atoms with Gasteiger partial charge in [0.05, 0.1) is 0 Å². The predicted octanol–water partition coefficient (Wildman–Crippen LogP) is 2.10. The Balaban J connectivity index is 3.17. The van der Waals surface area contributed by atoms with Crippen molar-refractivity contribution in [2.24, 2.45) is 0 Å². The van der Waals surface area contributed by atoms with Gasteiger partial charge < -0.3 is 5.73 Å². The molecule has 0 saturated carbocycles. The highest BCUT2D eigenvalue weighted by Gasteiger charge is 1.91. The molecule has 0 aromatic heterocycles. The first-order chi connectivity index (χ1) is 4.20. The molecule has 0 saturated heterocycles. The summed E-state index contributed by atoms with van der Waals surface area (Å²) in [5, 5.41) is 0.653. The Morgan fingerprint density at radius 1 is 1.44 bits per heavy atom. The summed E-state index contributed by atoms with van der Waals surface area (Å²) in [5.41, 5.74) is 6.93. The van der Waals surface area contributed by atoms with Crippen molar-refractivity contribution >= 4 is 17.3 Å². The Kier molecular flexibility index (Phi) is 1.63. The van der Waals surface area contributed by atoms with E-state index in [1.165, 1.54) is 0 Å². The number of anilines is 1. The highest BCUT2D eigenvalue weighted by Crippen LogP contribution is 2.16. The third-order valence-corrected chi connectivity index (χ3v) is 1.34. The molecule has 1 radical (unpaired) electrons. The van der Waals surface area contributed by atoms with E-state index in [0.29, 0.717) is 10.7 Å². The lowest BCUT2D eigenvalue weighted by atomic mass is 10.2. The summed E-state index contributed by atoms with van der Waals surface area (Å²) < 4.78 is 0. The molecule has 1 nitrogen and oxygen atoms in total. The molecule has 47 valence electrons. The van der Waals surface area contributed by atoms with Crippen LogP contribution in [-0.4, -0.2) is 0 Å². The van der Waals surface area contributed by atoms with Gasteiger partial charge in [-0.25, -0.2) is 0 Å². The Bertz CT molecular complexity index is 220. The summed E-state index contributed by atoms with van der Waals surface area (Å²) in [7, 11) is 0. The van der Waals surface area contributed by atoms with Crippen LogP contribution in [-0.2, 0) is 0 Å². The molecule has 1 rings (SSSR count). The van der Waals surface area contributed by atoms with Crippen molar-refractivity contribution in [2.75, 3.05) is 5.73 Å². The molecule has 1 aromatic rings. The number of rotatable bonds is 0. The molecule has 0 fully saturated rings. The van der Waals surface area contributed by atoms with Gasteiger partial charge in [0.15, 0.2) is 0 Å². The van der Waals surface area contributed by atoms with Crippen LogP contribution in [0.2, 0.25) is 5.02 Å². The first-order valence-electron chi connectivity index (χ1n) is 2.57. The van der Waals surface area contributed by atoms with E-state index in [1.807, 2.05) is 0 Å². The minimum atomic E-state index is 0.641. The zero-order valence-corrected chi connectivity index (χ0v) is 5.65. The van der Waals surface area contributed by atoms with Crippen LogP contribution >= 0.6 is 11.6 Å². The molecule has 0 atom stereocenters. The fraction of sp³-hybridized carbons (Fsp3) is 0. The predicted molar refractivity (Wildman–Crippen MR) is 40.3 cm³/mol. The average molecular weight is 141 g/mol. The van der Waals surface area contributed by atoms with Gasteiger partial charge in [0.1, 0.15) is 0 Å². The van der Waals surface area contributed by atoms with Crippen molar-refractivity contribution in [3.8, 4) is 0 Å². The molecule has 0 heterocycles. The molecule has 2 N–H and O–H groups in total. The first-order valence-corrected chi connectivity index (χ1v) is 2.95. The monoisotopic (exact) mass is 140 g/mol. The van der Waals surface area contributed by atoms with E-state index < -0.39 is 0 Å². The molecule has 0 aliphatic carbocycles. The third kappa shape index (κ3) is 1.36. The maximum atomic E-state index is 5.61. The lowest BCUT2D eigenvalue weighted by molar-refractivity contribution is 1.60. The molecule has 0 aliphatic heterocycles. The smallest absolute Gasteiger partial charge is 0.0426 e. The summed E-state index contributed by atoms with van der Waals surface area (Å²) >= 11 is 5.61. The van der Waals surface area contributed by atoms with Crippen LogP contribution in [0.5, 0.6) is 0 Å². The molecule has 0 aliphatic rings. The van der Waals surface area contributed by atoms with Crippen molar-refractivity contribution < 1.29 is 0 Å². The van der Waals surface area contributed by atoms with Crippen LogP contribution < -0.4 is 5.73 Å². The number of benzene rings is 1. The van der Waals surface area contributed by atoms with E-state index in [-0.39, 0.29) is 0 Å². The Labute approximate surface area is 59.4 Å². The molecule has 9 heavy (non-hydrogen) atoms. The van der Waals surface area contributed by atoms with Crippen LogP contribution in [0, 0.1) is 6.92 Å². The highest BCUT2D eigenvalue weighted by molar-refractivity contribution is 6.30. The fourth-order valence-corrected chi connectivity index (χ4v) is 0.746. The van der Waals surface area contributed by atoms with Gasteiger partial charge in [0, 0.05) is 10.7 Å². The lowest BCUT2D eigenvalue weighted by Gasteiger charge is -1.96. The molecular weight excluding hydrogens is 134 g/mol. The number of halogens is 1. The zero-order chi connectivity index (χ0) is 6.85. The highest BCUT2D eigenvalue weighted by atomic mass is 35.5. The summed E-state index contributed by atoms with van der Waals surface area (Å²) in [6, 6.07) is 5.24. The van der Waals surface area contributed by atoms with Crippen LogP contribution in [0.1, 0.15) is 5.56 Å². The maximum absolute atomic E-state index is 5.61. The van der Waals surface area contributed by atoms with Gasteiger partial charge >= 0.3 is 0 Å². The van der Waals surface area contributed by atoms with Crippen molar-refractivity contribution in [1.29, 1.82) is 0 Å². The van der Waals surface area contributed by atoms with Gasteiger partial charge in [-0.3, -0.25) is 0 Å². The Morgan fingerprint density at radius 3 is 2.56 bits per heavy atom. The Morgan fingerprint density at radius 2 is 2.11 bits per heavy atom. The van der Waals surface area contributed by atoms with E-state index in [2.05, 4.69) is 6.92 Å². The second-order valence-corrected chi connectivity index (χ2v) is 2.28. The van der Waals surface area contributed by atoms with Gasteiger partial charge in [0.2, 0.25) is 0 Å². The van der Waals surface area contributed by atoms with E-state index >= 15 is 0 Å². The first kappa shape index (κ1) is 6.43. The molecule has 0 unspecified atom stereocenters. The fourth-order valence-electron chi connectivity index (χ4n) is 0.566. The number of nitrogens with two attached hydrogens (primary N) is 1. The van der Waals surface area contributed by atoms with E-state index in [1.54, 1.807) is 18.2 Å². The largest absolute Gasteiger partial charge is 0.398 e. The minimum absolute atomic E-state index is 0.641. The standard InChI is InChI=1S/C7H7ClN/c1-5-2-3-6(8)4-7(5)9/h2-4H,1,9H2.